The van der Waals surface area contributed by atoms with Crippen LogP contribution in [0, 0.1) is 0 Å². The van der Waals surface area contributed by atoms with Crippen LogP contribution in [0.4, 0.5) is 0 Å². The Kier molecular flexibility index (Phi) is 5.95. The number of hydrogen-bond donors (Lipinski definition) is 2. The van der Waals surface area contributed by atoms with Crippen molar-refractivity contribution < 1.29 is 9.59 Å². The van der Waals surface area contributed by atoms with Gasteiger partial charge in [-0.2, -0.15) is 5.10 Å². The average Bonchev–Trinajstić information content (AvgIpc) is 3.48. The van der Waals surface area contributed by atoms with Crippen LogP contribution in [-0.2, 0) is 0 Å². The van der Waals surface area contributed by atoms with Crippen molar-refractivity contribution in [2.75, 3.05) is 0 Å². The number of aromatic nitrogens is 6. The summed E-state index contributed by atoms with van der Waals surface area (Å²) in [5.41, 5.74) is 7.75. The zero-order valence-electron chi connectivity index (χ0n) is 17.2. The van der Waals surface area contributed by atoms with Crippen molar-refractivity contribution in [2.45, 2.75) is 19.8 Å². The van der Waals surface area contributed by atoms with Crippen LogP contribution in [0.25, 0.3) is 11.4 Å². The number of carbonyl (C=O) groups is 2. The molecule has 4 rings (SSSR count). The largest absolute Gasteiger partial charge is 0.273 e. The maximum Gasteiger partial charge on any atom is 0.273 e. The van der Waals surface area contributed by atoms with E-state index in [1.165, 1.54) is 17.2 Å². The smallest absolute Gasteiger partial charge is 0.267 e. The summed E-state index contributed by atoms with van der Waals surface area (Å²) < 4.78 is 3.14. The maximum absolute atomic E-state index is 12.8. The van der Waals surface area contributed by atoms with E-state index in [4.69, 9.17) is 11.6 Å². The number of rotatable bonds is 5. The summed E-state index contributed by atoms with van der Waals surface area (Å²) in [4.78, 5) is 25.2. The summed E-state index contributed by atoms with van der Waals surface area (Å²) in [6.07, 6.45) is 2.92. The van der Waals surface area contributed by atoms with Gasteiger partial charge in [-0.25, -0.2) is 9.36 Å². The van der Waals surface area contributed by atoms with E-state index in [9.17, 15) is 9.59 Å². The summed E-state index contributed by atoms with van der Waals surface area (Å²) in [6, 6.07) is 13.8. The first kappa shape index (κ1) is 21.2. The molecular formula is C21H19ClN8O2. The number of hydrazine groups is 1. The Morgan fingerprint density at radius 3 is 2.41 bits per heavy atom. The second kappa shape index (κ2) is 8.98. The van der Waals surface area contributed by atoms with Crippen LogP contribution in [0.3, 0.4) is 0 Å². The second-order valence-corrected chi connectivity index (χ2v) is 7.64. The first-order chi connectivity index (χ1) is 15.4. The van der Waals surface area contributed by atoms with E-state index in [1.54, 1.807) is 41.1 Å². The molecule has 0 unspecified atom stereocenters. The molecule has 4 aromatic rings. The van der Waals surface area contributed by atoms with E-state index in [1.807, 2.05) is 26.0 Å². The number of benzene rings is 2. The van der Waals surface area contributed by atoms with Crippen molar-refractivity contribution in [1.29, 1.82) is 0 Å². The van der Waals surface area contributed by atoms with Crippen molar-refractivity contribution >= 4 is 23.4 Å². The fourth-order valence-corrected chi connectivity index (χ4v) is 3.38. The van der Waals surface area contributed by atoms with E-state index >= 15 is 0 Å². The number of tetrazole rings is 1. The van der Waals surface area contributed by atoms with Crippen molar-refractivity contribution in [3.05, 3.63) is 82.9 Å². The highest BCUT2D eigenvalue weighted by atomic mass is 35.5. The molecule has 0 spiro atoms. The minimum absolute atomic E-state index is 0.00764. The van der Waals surface area contributed by atoms with Crippen molar-refractivity contribution in [3.63, 3.8) is 0 Å². The van der Waals surface area contributed by atoms with Gasteiger partial charge in [0.15, 0.2) is 0 Å². The van der Waals surface area contributed by atoms with Crippen LogP contribution in [0.15, 0.2) is 61.1 Å². The molecule has 0 atom stereocenters. The molecule has 0 bridgehead atoms. The molecule has 10 nitrogen and oxygen atoms in total. The van der Waals surface area contributed by atoms with Crippen LogP contribution < -0.4 is 10.9 Å². The Hall–Kier alpha value is -4.05. The highest BCUT2D eigenvalue weighted by Crippen LogP contribution is 2.24. The number of halogens is 1. The third kappa shape index (κ3) is 4.35. The van der Waals surface area contributed by atoms with E-state index in [0.717, 1.165) is 5.69 Å². The summed E-state index contributed by atoms with van der Waals surface area (Å²) in [5.74, 6) is -0.942. The lowest BCUT2D eigenvalue weighted by Crippen LogP contribution is -2.41. The van der Waals surface area contributed by atoms with Crippen LogP contribution in [0.5, 0.6) is 0 Å². The average molecular weight is 451 g/mol. The van der Waals surface area contributed by atoms with Gasteiger partial charge in [0.05, 0.1) is 28.8 Å². The van der Waals surface area contributed by atoms with E-state index < -0.39 is 11.8 Å². The molecule has 2 N–H and O–H groups in total. The Morgan fingerprint density at radius 1 is 1.00 bits per heavy atom. The monoisotopic (exact) mass is 450 g/mol. The number of hydrogen-bond acceptors (Lipinski definition) is 6. The van der Waals surface area contributed by atoms with Crippen molar-refractivity contribution in [1.82, 2.24) is 40.8 Å². The Balaban J connectivity index is 1.48. The number of nitrogens with zero attached hydrogens (tertiary/aromatic N) is 6. The Bertz CT molecular complexity index is 1250. The van der Waals surface area contributed by atoms with Crippen LogP contribution in [0.1, 0.15) is 46.2 Å². The lowest BCUT2D eigenvalue weighted by atomic mass is 10.1. The molecule has 0 radical (unpaired) electrons. The first-order valence-electron chi connectivity index (χ1n) is 9.72. The third-order valence-corrected chi connectivity index (χ3v) is 4.92. The number of amides is 2. The molecule has 2 aromatic heterocycles. The highest BCUT2D eigenvalue weighted by Gasteiger charge is 2.21. The molecule has 0 saturated heterocycles. The SMILES string of the molecule is CC(C)c1c(C(=O)NNC(=O)c2ccc(-n3cnnn3)cc2)cnn1-c1cccc(Cl)c1. The molecule has 11 heteroatoms. The van der Waals surface area contributed by atoms with Gasteiger partial charge in [0.25, 0.3) is 11.8 Å². The van der Waals surface area contributed by atoms with Gasteiger partial charge in [-0.05, 0) is 58.8 Å². The van der Waals surface area contributed by atoms with Gasteiger partial charge in [0, 0.05) is 10.6 Å². The Morgan fingerprint density at radius 2 is 1.75 bits per heavy atom. The molecule has 0 aliphatic heterocycles. The minimum atomic E-state index is -0.472. The third-order valence-electron chi connectivity index (χ3n) is 4.68. The van der Waals surface area contributed by atoms with Gasteiger partial charge >= 0.3 is 0 Å². The van der Waals surface area contributed by atoms with Crippen LogP contribution >= 0.6 is 11.6 Å². The minimum Gasteiger partial charge on any atom is -0.267 e. The molecule has 2 aromatic carbocycles. The predicted molar refractivity (Wildman–Crippen MR) is 117 cm³/mol. The lowest BCUT2D eigenvalue weighted by molar-refractivity contribution is 0.0846. The lowest BCUT2D eigenvalue weighted by Gasteiger charge is -2.13. The van der Waals surface area contributed by atoms with Crippen molar-refractivity contribution in [3.8, 4) is 11.4 Å². The zero-order valence-corrected chi connectivity index (χ0v) is 18.0. The summed E-state index contributed by atoms with van der Waals surface area (Å²) in [6.45, 7) is 3.92. The highest BCUT2D eigenvalue weighted by molar-refractivity contribution is 6.30. The van der Waals surface area contributed by atoms with Gasteiger partial charge < -0.3 is 0 Å². The van der Waals surface area contributed by atoms with Crippen molar-refractivity contribution in [2.24, 2.45) is 0 Å². The molecule has 0 fully saturated rings. The van der Waals surface area contributed by atoms with Gasteiger partial charge in [0.1, 0.15) is 6.33 Å². The molecule has 0 aliphatic rings. The van der Waals surface area contributed by atoms with Gasteiger partial charge in [-0.3, -0.25) is 20.4 Å². The summed E-state index contributed by atoms with van der Waals surface area (Å²) >= 11 is 6.10. The molecular weight excluding hydrogens is 432 g/mol. The normalized spacial score (nSPS) is 10.9. The fourth-order valence-electron chi connectivity index (χ4n) is 3.20. The quantitative estimate of drug-likeness (QED) is 0.451. The molecule has 2 heterocycles. The molecule has 162 valence electrons. The topological polar surface area (TPSA) is 120 Å². The standard InChI is InChI=1S/C21H19ClN8O2/c1-13(2)19-18(11-24-30(19)17-5-3-4-15(22)10-17)21(32)26-25-20(31)14-6-8-16(9-7-14)29-12-23-27-28-29/h3-13H,1-2H3,(H,25,31)(H,26,32). The summed E-state index contributed by atoms with van der Waals surface area (Å²) in [5, 5.41) is 15.9. The molecule has 2 amide bonds. The summed E-state index contributed by atoms with van der Waals surface area (Å²) in [7, 11) is 0. The van der Waals surface area contributed by atoms with E-state index in [0.29, 0.717) is 27.5 Å². The maximum atomic E-state index is 12.8. The van der Waals surface area contributed by atoms with E-state index in [2.05, 4.69) is 31.5 Å². The molecule has 0 aliphatic carbocycles. The predicted octanol–water partition coefficient (Wildman–Crippen LogP) is 2.70. The van der Waals surface area contributed by atoms with E-state index in [-0.39, 0.29) is 5.92 Å². The first-order valence-corrected chi connectivity index (χ1v) is 10.1. The van der Waals surface area contributed by atoms with Gasteiger partial charge in [0.2, 0.25) is 0 Å². The Labute approximate surface area is 188 Å². The van der Waals surface area contributed by atoms with Gasteiger partial charge in [-0.1, -0.05) is 31.5 Å². The van der Waals surface area contributed by atoms with Crippen LogP contribution in [0.2, 0.25) is 5.02 Å². The number of carbonyl (C=O) groups excluding carboxylic acids is 2. The van der Waals surface area contributed by atoms with Gasteiger partial charge in [-0.15, -0.1) is 5.10 Å². The second-order valence-electron chi connectivity index (χ2n) is 7.20. The number of nitrogens with one attached hydrogen (secondary N) is 2. The fraction of sp³-hybridized carbons (Fsp3) is 0.143. The molecule has 0 saturated carbocycles. The molecule has 32 heavy (non-hydrogen) atoms. The zero-order chi connectivity index (χ0) is 22.7. The van der Waals surface area contributed by atoms with Crippen LogP contribution in [-0.4, -0.2) is 41.8 Å².